The minimum Gasteiger partial charge on any atom is -0.504 e. The van der Waals surface area contributed by atoms with E-state index in [1.54, 1.807) is 35.6 Å². The van der Waals surface area contributed by atoms with Crippen LogP contribution in [0.5, 0.6) is 11.5 Å². The van der Waals surface area contributed by atoms with E-state index in [4.69, 9.17) is 9.15 Å². The van der Waals surface area contributed by atoms with Gasteiger partial charge in [0.1, 0.15) is 6.10 Å². The molecule has 5 aliphatic rings. The molecular formula is C29H34N2O5. The second-order valence-electron chi connectivity index (χ2n) is 11.8. The molecule has 3 heterocycles. The van der Waals surface area contributed by atoms with Gasteiger partial charge in [-0.2, -0.15) is 0 Å². The highest BCUT2D eigenvalue weighted by Gasteiger charge is 2.74. The van der Waals surface area contributed by atoms with Gasteiger partial charge in [-0.1, -0.05) is 13.0 Å². The van der Waals surface area contributed by atoms with Crippen LogP contribution in [-0.4, -0.2) is 69.8 Å². The molecular weight excluding hydrogens is 456 g/mol. The minimum atomic E-state index is -0.969. The summed E-state index contributed by atoms with van der Waals surface area (Å²) in [5.41, 5.74) is 1.38. The Morgan fingerprint density at radius 2 is 2.14 bits per heavy atom. The van der Waals surface area contributed by atoms with E-state index in [-0.39, 0.29) is 29.7 Å². The number of carbonyl (C=O) groups is 1. The highest BCUT2D eigenvalue weighted by atomic mass is 16.5. The molecule has 0 radical (unpaired) electrons. The number of hydrogen-bond acceptors (Lipinski definition) is 6. The van der Waals surface area contributed by atoms with Crippen LogP contribution in [0.25, 0.3) is 6.08 Å². The lowest BCUT2D eigenvalue weighted by Crippen LogP contribution is -2.79. The monoisotopic (exact) mass is 490 g/mol. The molecule has 3 aliphatic carbocycles. The third-order valence-corrected chi connectivity index (χ3v) is 9.84. The maximum Gasteiger partial charge on any atom is 0.246 e. The highest BCUT2D eigenvalue weighted by molar-refractivity contribution is 5.92. The molecule has 190 valence electrons. The quantitative estimate of drug-likeness (QED) is 0.626. The first-order valence-electron chi connectivity index (χ1n) is 13.3. The van der Waals surface area contributed by atoms with Gasteiger partial charge >= 0.3 is 0 Å². The number of carbonyl (C=O) groups excluding carboxylic acids is 1. The third-order valence-electron chi connectivity index (χ3n) is 9.84. The molecule has 3 fully saturated rings. The van der Waals surface area contributed by atoms with Crippen LogP contribution in [0.15, 0.2) is 41.2 Å². The zero-order chi connectivity index (χ0) is 24.8. The number of aromatic hydroxyl groups is 1. The number of phenols is 1. The first kappa shape index (κ1) is 22.4. The van der Waals surface area contributed by atoms with Crippen LogP contribution in [0, 0.1) is 11.8 Å². The lowest BCUT2D eigenvalue weighted by Gasteiger charge is -2.66. The molecule has 2 aliphatic heterocycles. The van der Waals surface area contributed by atoms with Crippen molar-refractivity contribution in [2.24, 2.45) is 11.8 Å². The number of rotatable bonds is 5. The Kier molecular flexibility index (Phi) is 4.75. The average molecular weight is 491 g/mol. The van der Waals surface area contributed by atoms with Crippen LogP contribution in [0.4, 0.5) is 0 Å². The topological polar surface area (TPSA) is 86.4 Å². The van der Waals surface area contributed by atoms with Gasteiger partial charge in [-0.05, 0) is 74.3 Å². The fourth-order valence-electron chi connectivity index (χ4n) is 8.12. The smallest absolute Gasteiger partial charge is 0.246 e. The van der Waals surface area contributed by atoms with Crippen LogP contribution in [0.1, 0.15) is 49.3 Å². The van der Waals surface area contributed by atoms with Crippen molar-refractivity contribution in [3.63, 3.8) is 0 Å². The molecule has 2 saturated carbocycles. The summed E-state index contributed by atoms with van der Waals surface area (Å²) in [5.74, 6) is 1.29. The summed E-state index contributed by atoms with van der Waals surface area (Å²) in [5, 5.41) is 23.6. The summed E-state index contributed by atoms with van der Waals surface area (Å²) >= 11 is 0. The summed E-state index contributed by atoms with van der Waals surface area (Å²) < 4.78 is 11.8. The number of phenolic OH excluding ortho intramolecular Hbond substituents is 1. The molecule has 7 heteroatoms. The molecule has 2 bridgehead atoms. The minimum absolute atomic E-state index is 0.0192. The summed E-state index contributed by atoms with van der Waals surface area (Å²) in [6, 6.07) is 5.34. The van der Waals surface area contributed by atoms with Crippen LogP contribution in [-0.2, 0) is 16.6 Å². The molecule has 1 saturated heterocycles. The van der Waals surface area contributed by atoms with Crippen molar-refractivity contribution < 1.29 is 24.2 Å². The number of aliphatic hydroxyl groups is 1. The SMILES string of the molecule is C[C@@H]1C[C@@]2(O)[C@H]3Cc4ccc(O)c5c4[C@@]2(CCN3CC2CC2)[C@@H](O5)[C@@H]1N(C)C(=O)/C=C/c1ccoc1. The van der Waals surface area contributed by atoms with Crippen molar-refractivity contribution in [3.05, 3.63) is 53.5 Å². The Morgan fingerprint density at radius 1 is 1.31 bits per heavy atom. The Labute approximate surface area is 211 Å². The highest BCUT2D eigenvalue weighted by Crippen LogP contribution is 2.66. The standard InChI is InChI=1S/C29H34N2O5/c1-17-14-29(34)22-13-20-6-7-21(32)26-24(20)28(29,10-11-31(22)15-18-3-4-18)27(36-26)25(17)30(2)23(33)8-5-19-9-12-35-16-19/h5-9,12,16-18,22,25,27,32,34H,3-4,10-11,13-15H2,1-2H3/b8-5+/t17-,22-,25-,27+,28+,29-/m1/s1. The van der Waals surface area contributed by atoms with Crippen LogP contribution >= 0.6 is 0 Å². The van der Waals surface area contributed by atoms with Gasteiger partial charge < -0.3 is 24.3 Å². The van der Waals surface area contributed by atoms with Crippen molar-refractivity contribution >= 4 is 12.0 Å². The average Bonchev–Trinajstić information content (AvgIpc) is 3.36. The molecule has 7 rings (SSSR count). The van der Waals surface area contributed by atoms with E-state index in [0.29, 0.717) is 12.2 Å². The normalized spacial score (nSPS) is 36.5. The summed E-state index contributed by atoms with van der Waals surface area (Å²) in [7, 11) is 1.83. The van der Waals surface area contributed by atoms with E-state index >= 15 is 0 Å². The first-order valence-corrected chi connectivity index (χ1v) is 13.3. The van der Waals surface area contributed by atoms with E-state index < -0.39 is 17.1 Å². The Bertz CT molecular complexity index is 1240. The summed E-state index contributed by atoms with van der Waals surface area (Å²) in [6.07, 6.45) is 10.8. The van der Waals surface area contributed by atoms with Crippen molar-refractivity contribution in [1.29, 1.82) is 0 Å². The van der Waals surface area contributed by atoms with Crippen LogP contribution < -0.4 is 4.74 Å². The van der Waals surface area contributed by atoms with Gasteiger partial charge in [0.2, 0.25) is 5.91 Å². The predicted octanol–water partition coefficient (Wildman–Crippen LogP) is 3.34. The maximum absolute atomic E-state index is 13.3. The Balaban J connectivity index is 1.30. The van der Waals surface area contributed by atoms with Gasteiger partial charge in [0.15, 0.2) is 11.5 Å². The zero-order valence-electron chi connectivity index (χ0n) is 20.9. The van der Waals surface area contributed by atoms with E-state index in [1.807, 2.05) is 19.2 Å². The number of likely N-dealkylation sites (N-methyl/N-ethyl adjacent to an activating group) is 1. The first-order chi connectivity index (χ1) is 17.3. The lowest BCUT2D eigenvalue weighted by atomic mass is 9.46. The second-order valence-corrected chi connectivity index (χ2v) is 11.8. The van der Waals surface area contributed by atoms with E-state index in [9.17, 15) is 15.0 Å². The van der Waals surface area contributed by atoms with E-state index in [1.165, 1.54) is 18.4 Å². The number of nitrogens with zero attached hydrogens (tertiary/aromatic N) is 2. The maximum atomic E-state index is 13.3. The van der Waals surface area contributed by atoms with Gasteiger partial charge in [-0.15, -0.1) is 0 Å². The fourth-order valence-corrected chi connectivity index (χ4v) is 8.12. The van der Waals surface area contributed by atoms with Gasteiger partial charge in [0.05, 0.1) is 29.6 Å². The number of piperidine rings is 1. The van der Waals surface area contributed by atoms with E-state index in [0.717, 1.165) is 43.0 Å². The summed E-state index contributed by atoms with van der Waals surface area (Å²) in [4.78, 5) is 17.6. The van der Waals surface area contributed by atoms with Crippen molar-refractivity contribution in [2.45, 2.75) is 68.2 Å². The van der Waals surface area contributed by atoms with Crippen LogP contribution in [0.3, 0.4) is 0 Å². The molecule has 6 atom stereocenters. The van der Waals surface area contributed by atoms with Crippen molar-refractivity contribution in [3.8, 4) is 11.5 Å². The molecule has 7 nitrogen and oxygen atoms in total. The number of likely N-dealkylation sites (tertiary alicyclic amines) is 1. The molecule has 1 aromatic carbocycles. The van der Waals surface area contributed by atoms with Gasteiger partial charge in [0.25, 0.3) is 0 Å². The molecule has 2 N–H and O–H groups in total. The van der Waals surface area contributed by atoms with Gasteiger partial charge in [0, 0.05) is 36.8 Å². The van der Waals surface area contributed by atoms with Crippen LogP contribution in [0.2, 0.25) is 0 Å². The Hall–Kier alpha value is -2.77. The van der Waals surface area contributed by atoms with E-state index in [2.05, 4.69) is 11.8 Å². The zero-order valence-corrected chi connectivity index (χ0v) is 20.9. The molecule has 0 unspecified atom stereocenters. The molecule has 2 aromatic rings. The number of ether oxygens (including phenoxy) is 1. The van der Waals surface area contributed by atoms with Gasteiger partial charge in [-0.25, -0.2) is 0 Å². The number of amides is 1. The number of hydrogen-bond donors (Lipinski definition) is 2. The number of benzene rings is 1. The largest absolute Gasteiger partial charge is 0.504 e. The van der Waals surface area contributed by atoms with Crippen molar-refractivity contribution in [2.75, 3.05) is 20.1 Å². The van der Waals surface area contributed by atoms with Gasteiger partial charge in [-0.3, -0.25) is 9.69 Å². The fraction of sp³-hybridized carbons (Fsp3) is 0.552. The lowest BCUT2D eigenvalue weighted by molar-refractivity contribution is -0.212. The molecule has 1 spiro atoms. The van der Waals surface area contributed by atoms with Crippen molar-refractivity contribution in [1.82, 2.24) is 9.80 Å². The third kappa shape index (κ3) is 2.90. The summed E-state index contributed by atoms with van der Waals surface area (Å²) in [6.45, 7) is 4.07. The molecule has 1 aromatic heterocycles. The number of furan rings is 1. The Morgan fingerprint density at radius 3 is 2.89 bits per heavy atom. The molecule has 1 amide bonds. The molecule has 36 heavy (non-hydrogen) atoms. The second kappa shape index (κ2) is 7.62. The predicted molar refractivity (Wildman–Crippen MR) is 134 cm³/mol.